The van der Waals surface area contributed by atoms with Crippen LogP contribution in [-0.2, 0) is 11.2 Å². The monoisotopic (exact) mass is 319 g/mol. The van der Waals surface area contributed by atoms with E-state index in [-0.39, 0.29) is 0 Å². The van der Waals surface area contributed by atoms with Gasteiger partial charge in [-0.05, 0) is 44.2 Å². The van der Waals surface area contributed by atoms with Gasteiger partial charge in [-0.2, -0.15) is 0 Å². The minimum absolute atomic E-state index is 0.440. The summed E-state index contributed by atoms with van der Waals surface area (Å²) in [6.45, 7) is 6.97. The predicted molar refractivity (Wildman–Crippen MR) is 93.7 cm³/mol. The van der Waals surface area contributed by atoms with Crippen LogP contribution >= 0.6 is 0 Å². The molecule has 1 unspecified atom stereocenters. The van der Waals surface area contributed by atoms with Crippen molar-refractivity contribution in [2.45, 2.75) is 44.6 Å². The van der Waals surface area contributed by atoms with E-state index in [2.05, 4.69) is 22.2 Å². The fourth-order valence-electron chi connectivity index (χ4n) is 2.65. The van der Waals surface area contributed by atoms with Crippen LogP contribution in [0, 0.1) is 0 Å². The summed E-state index contributed by atoms with van der Waals surface area (Å²) in [4.78, 5) is 4.62. The maximum atomic E-state index is 5.75. The van der Waals surface area contributed by atoms with Gasteiger partial charge in [0.05, 0.1) is 12.4 Å². The Bertz CT molecular complexity index is 451. The Morgan fingerprint density at radius 2 is 2.35 bits per heavy atom. The van der Waals surface area contributed by atoms with Gasteiger partial charge in [0.25, 0.3) is 0 Å². The highest BCUT2D eigenvalue weighted by molar-refractivity contribution is 5.79. The second-order valence-corrected chi connectivity index (χ2v) is 5.79. The van der Waals surface area contributed by atoms with Gasteiger partial charge in [0.1, 0.15) is 5.76 Å². The number of ether oxygens (including phenoxy) is 1. The molecule has 1 aliphatic heterocycles. The van der Waals surface area contributed by atoms with E-state index >= 15 is 0 Å². The van der Waals surface area contributed by atoms with E-state index in [1.54, 1.807) is 6.26 Å². The number of aliphatic imine (C=N–C) groups is 1. The van der Waals surface area contributed by atoms with Gasteiger partial charge in [-0.1, -0.05) is 6.08 Å². The average Bonchev–Trinajstić information content (AvgIpc) is 3.10. The van der Waals surface area contributed by atoms with Crippen molar-refractivity contribution >= 4 is 5.96 Å². The Morgan fingerprint density at radius 1 is 1.39 bits per heavy atom. The first-order valence-corrected chi connectivity index (χ1v) is 8.65. The average molecular weight is 319 g/mol. The molecule has 0 radical (unpaired) electrons. The maximum absolute atomic E-state index is 5.75. The van der Waals surface area contributed by atoms with Gasteiger partial charge in [0.15, 0.2) is 5.96 Å². The van der Waals surface area contributed by atoms with Crippen molar-refractivity contribution in [2.75, 3.05) is 26.2 Å². The fraction of sp³-hybridized carbons (Fsp3) is 0.611. The first-order chi connectivity index (χ1) is 11.4. The van der Waals surface area contributed by atoms with Gasteiger partial charge in [-0.3, -0.25) is 4.99 Å². The third-order valence-electron chi connectivity index (χ3n) is 3.89. The van der Waals surface area contributed by atoms with E-state index in [0.717, 1.165) is 50.7 Å². The molecular weight excluding hydrogens is 290 g/mol. The SMILES string of the molecule is C=CCNC(=NCCCC1CCCCO1)NCCc1ccco1. The van der Waals surface area contributed by atoms with Crippen LogP contribution in [0.2, 0.25) is 0 Å². The van der Waals surface area contributed by atoms with Crippen LogP contribution < -0.4 is 10.6 Å². The molecule has 1 aromatic rings. The standard InChI is InChI=1S/C18H29N3O2/c1-2-11-19-18(21-13-10-17-9-6-15-23-17)20-12-5-8-16-7-3-4-14-22-16/h2,6,9,15-16H,1,3-5,7-8,10-14H2,(H2,19,20,21). The molecule has 128 valence electrons. The number of guanidine groups is 1. The van der Waals surface area contributed by atoms with Crippen LogP contribution in [0.15, 0.2) is 40.5 Å². The summed E-state index contributed by atoms with van der Waals surface area (Å²) in [5.74, 6) is 1.82. The summed E-state index contributed by atoms with van der Waals surface area (Å²) < 4.78 is 11.1. The zero-order chi connectivity index (χ0) is 16.2. The summed E-state index contributed by atoms with van der Waals surface area (Å²) in [7, 11) is 0. The van der Waals surface area contributed by atoms with Crippen LogP contribution in [0.1, 0.15) is 37.9 Å². The van der Waals surface area contributed by atoms with Crippen molar-refractivity contribution in [2.24, 2.45) is 4.99 Å². The van der Waals surface area contributed by atoms with Gasteiger partial charge < -0.3 is 19.8 Å². The topological polar surface area (TPSA) is 58.8 Å². The number of furan rings is 1. The van der Waals surface area contributed by atoms with E-state index < -0.39 is 0 Å². The summed E-state index contributed by atoms with van der Waals surface area (Å²) in [6, 6.07) is 3.90. The van der Waals surface area contributed by atoms with Gasteiger partial charge >= 0.3 is 0 Å². The van der Waals surface area contributed by atoms with Gasteiger partial charge in [0, 0.05) is 32.7 Å². The number of nitrogens with one attached hydrogen (secondary N) is 2. The maximum Gasteiger partial charge on any atom is 0.191 e. The quantitative estimate of drug-likeness (QED) is 0.318. The van der Waals surface area contributed by atoms with Crippen LogP contribution in [-0.4, -0.2) is 38.3 Å². The van der Waals surface area contributed by atoms with Crippen LogP contribution in [0.4, 0.5) is 0 Å². The molecule has 1 saturated heterocycles. The lowest BCUT2D eigenvalue weighted by Crippen LogP contribution is -2.38. The second-order valence-electron chi connectivity index (χ2n) is 5.79. The fourth-order valence-corrected chi connectivity index (χ4v) is 2.65. The van der Waals surface area contributed by atoms with Gasteiger partial charge in [-0.25, -0.2) is 0 Å². The van der Waals surface area contributed by atoms with Gasteiger partial charge in [0.2, 0.25) is 0 Å². The molecule has 0 saturated carbocycles. The summed E-state index contributed by atoms with van der Waals surface area (Å²) in [6.07, 6.45) is 10.7. The van der Waals surface area contributed by atoms with E-state index in [0.29, 0.717) is 12.6 Å². The highest BCUT2D eigenvalue weighted by Gasteiger charge is 2.12. The van der Waals surface area contributed by atoms with Crippen molar-refractivity contribution < 1.29 is 9.15 Å². The van der Waals surface area contributed by atoms with E-state index in [1.165, 1.54) is 19.3 Å². The Hall–Kier alpha value is -1.75. The molecule has 0 bridgehead atoms. The van der Waals surface area contributed by atoms with Crippen LogP contribution in [0.3, 0.4) is 0 Å². The molecule has 0 aliphatic carbocycles. The van der Waals surface area contributed by atoms with Crippen molar-refractivity contribution in [1.82, 2.24) is 10.6 Å². The largest absolute Gasteiger partial charge is 0.469 e. The molecule has 1 fully saturated rings. The third kappa shape index (κ3) is 7.37. The Kier molecular flexibility index (Phi) is 8.33. The first-order valence-electron chi connectivity index (χ1n) is 8.65. The molecule has 5 heteroatoms. The van der Waals surface area contributed by atoms with E-state index in [4.69, 9.17) is 9.15 Å². The number of hydrogen-bond donors (Lipinski definition) is 2. The molecule has 0 aromatic carbocycles. The predicted octanol–water partition coefficient (Wildman–Crippen LogP) is 2.89. The molecule has 1 aliphatic rings. The molecule has 0 amide bonds. The lowest BCUT2D eigenvalue weighted by atomic mass is 10.1. The first kappa shape index (κ1) is 17.6. The van der Waals surface area contributed by atoms with Crippen molar-refractivity contribution in [3.63, 3.8) is 0 Å². The molecule has 2 rings (SSSR count). The molecule has 1 aromatic heterocycles. The van der Waals surface area contributed by atoms with Crippen LogP contribution in [0.5, 0.6) is 0 Å². The molecule has 5 nitrogen and oxygen atoms in total. The summed E-state index contributed by atoms with van der Waals surface area (Å²) >= 11 is 0. The molecule has 23 heavy (non-hydrogen) atoms. The zero-order valence-corrected chi connectivity index (χ0v) is 13.9. The number of hydrogen-bond acceptors (Lipinski definition) is 3. The second kappa shape index (κ2) is 10.9. The minimum Gasteiger partial charge on any atom is -0.469 e. The minimum atomic E-state index is 0.440. The summed E-state index contributed by atoms with van der Waals surface area (Å²) in [5, 5.41) is 6.58. The van der Waals surface area contributed by atoms with Crippen molar-refractivity contribution in [3.05, 3.63) is 36.8 Å². The molecular formula is C18H29N3O2. The normalized spacial score (nSPS) is 18.6. The highest BCUT2D eigenvalue weighted by Crippen LogP contribution is 2.16. The van der Waals surface area contributed by atoms with E-state index in [9.17, 15) is 0 Å². The number of rotatable bonds is 9. The lowest BCUT2D eigenvalue weighted by molar-refractivity contribution is 0.0105. The summed E-state index contributed by atoms with van der Waals surface area (Å²) in [5.41, 5.74) is 0. The van der Waals surface area contributed by atoms with Crippen molar-refractivity contribution in [1.29, 1.82) is 0 Å². The smallest absolute Gasteiger partial charge is 0.191 e. The molecule has 1 atom stereocenters. The van der Waals surface area contributed by atoms with Crippen molar-refractivity contribution in [3.8, 4) is 0 Å². The lowest BCUT2D eigenvalue weighted by Gasteiger charge is -2.22. The zero-order valence-electron chi connectivity index (χ0n) is 13.9. The van der Waals surface area contributed by atoms with Crippen LogP contribution in [0.25, 0.3) is 0 Å². The Balaban J connectivity index is 1.66. The highest BCUT2D eigenvalue weighted by atomic mass is 16.5. The molecule has 2 N–H and O–H groups in total. The number of nitrogens with zero attached hydrogens (tertiary/aromatic N) is 1. The Morgan fingerprint density at radius 3 is 3.09 bits per heavy atom. The Labute approximate surface area is 139 Å². The van der Waals surface area contributed by atoms with E-state index in [1.807, 2.05) is 18.2 Å². The molecule has 0 spiro atoms. The van der Waals surface area contributed by atoms with Gasteiger partial charge in [-0.15, -0.1) is 6.58 Å². The molecule has 2 heterocycles. The third-order valence-corrected chi connectivity index (χ3v) is 3.89.